The summed E-state index contributed by atoms with van der Waals surface area (Å²) in [4.78, 5) is 30.6. The largest absolute Gasteiger partial charge is 0.493 e. The SMILES string of the molecule is CC(C)(C)c1ccccc1Oc1ncccc1NC(=O)Nc1ccc(OCC2CCN(C(=O)O)C(Cc3ccccc3)C2)cc1. The van der Waals surface area contributed by atoms with E-state index in [9.17, 15) is 14.7 Å². The Labute approximate surface area is 264 Å². The summed E-state index contributed by atoms with van der Waals surface area (Å²) in [6, 6.07) is 27.9. The lowest BCUT2D eigenvalue weighted by atomic mass is 9.86. The van der Waals surface area contributed by atoms with Crippen LogP contribution in [0.4, 0.5) is 21.0 Å². The number of ether oxygens (including phenoxy) is 2. The number of hydrogen-bond acceptors (Lipinski definition) is 5. The van der Waals surface area contributed by atoms with Gasteiger partial charge in [-0.05, 0) is 78.6 Å². The highest BCUT2D eigenvalue weighted by atomic mass is 16.5. The third-order valence-corrected chi connectivity index (χ3v) is 7.90. The van der Waals surface area contributed by atoms with Crippen LogP contribution in [0.3, 0.4) is 0 Å². The minimum absolute atomic E-state index is 0.0868. The van der Waals surface area contributed by atoms with Gasteiger partial charge in [0.1, 0.15) is 17.2 Å². The minimum Gasteiger partial charge on any atom is -0.493 e. The molecule has 0 aliphatic carbocycles. The van der Waals surface area contributed by atoms with E-state index >= 15 is 0 Å². The van der Waals surface area contributed by atoms with Crippen molar-refractivity contribution < 1.29 is 24.2 Å². The number of hydrogen-bond donors (Lipinski definition) is 3. The first kappa shape index (κ1) is 31.4. The molecule has 2 atom stereocenters. The Hall–Kier alpha value is -5.05. The van der Waals surface area contributed by atoms with Crippen LogP contribution in [-0.2, 0) is 11.8 Å². The molecule has 0 bridgehead atoms. The van der Waals surface area contributed by atoms with E-state index in [-0.39, 0.29) is 17.4 Å². The number of para-hydroxylation sites is 1. The molecule has 4 aromatic rings. The van der Waals surface area contributed by atoms with Crippen molar-refractivity contribution in [2.24, 2.45) is 5.92 Å². The molecule has 3 aromatic carbocycles. The molecule has 2 heterocycles. The molecule has 2 unspecified atom stereocenters. The zero-order chi connectivity index (χ0) is 31.8. The van der Waals surface area contributed by atoms with Gasteiger partial charge in [0.05, 0.1) is 6.61 Å². The van der Waals surface area contributed by atoms with E-state index in [2.05, 4.69) is 36.4 Å². The molecule has 234 valence electrons. The van der Waals surface area contributed by atoms with Crippen molar-refractivity contribution in [1.29, 1.82) is 0 Å². The number of nitrogens with zero attached hydrogens (tertiary/aromatic N) is 2. The lowest BCUT2D eigenvalue weighted by molar-refractivity contribution is 0.0761. The van der Waals surface area contributed by atoms with Crippen LogP contribution in [0.1, 0.15) is 44.7 Å². The summed E-state index contributed by atoms with van der Waals surface area (Å²) in [6.45, 7) is 7.33. The number of rotatable bonds is 9. The molecule has 45 heavy (non-hydrogen) atoms. The van der Waals surface area contributed by atoms with Crippen LogP contribution < -0.4 is 20.1 Å². The molecule has 1 saturated heterocycles. The standard InChI is InChI=1S/C36H40N4O5/c1-36(2,3)30-12-7-8-14-32(30)45-33-31(13-9-20-37-33)39-34(41)38-27-15-17-29(18-16-27)44-24-26-19-21-40(35(42)43)28(23-26)22-25-10-5-4-6-11-25/h4-18,20,26,28H,19,21-24H2,1-3H3,(H,42,43)(H2,38,39,41). The number of amides is 3. The Morgan fingerprint density at radius 3 is 2.40 bits per heavy atom. The zero-order valence-electron chi connectivity index (χ0n) is 25.9. The first-order valence-corrected chi connectivity index (χ1v) is 15.2. The van der Waals surface area contributed by atoms with E-state index in [1.807, 2.05) is 66.7 Å². The average molecular weight is 609 g/mol. The van der Waals surface area contributed by atoms with E-state index in [1.54, 1.807) is 35.4 Å². The van der Waals surface area contributed by atoms with Crippen molar-refractivity contribution in [2.45, 2.75) is 51.5 Å². The number of carbonyl (C=O) groups excluding carboxylic acids is 1. The van der Waals surface area contributed by atoms with Gasteiger partial charge in [0.25, 0.3) is 0 Å². The topological polar surface area (TPSA) is 113 Å². The Morgan fingerprint density at radius 1 is 0.933 bits per heavy atom. The minimum atomic E-state index is -0.874. The smallest absolute Gasteiger partial charge is 0.407 e. The molecule has 1 aromatic heterocycles. The van der Waals surface area contributed by atoms with Gasteiger partial charge in [-0.25, -0.2) is 14.6 Å². The number of urea groups is 1. The molecule has 3 N–H and O–H groups in total. The fourth-order valence-electron chi connectivity index (χ4n) is 5.60. The van der Waals surface area contributed by atoms with E-state index in [1.165, 1.54) is 0 Å². The predicted octanol–water partition coefficient (Wildman–Crippen LogP) is 8.20. The van der Waals surface area contributed by atoms with Gasteiger partial charge < -0.3 is 30.1 Å². The Kier molecular flexibility index (Phi) is 9.87. The summed E-state index contributed by atoms with van der Waals surface area (Å²) in [5.74, 6) is 1.90. The summed E-state index contributed by atoms with van der Waals surface area (Å²) in [5, 5.41) is 15.4. The van der Waals surface area contributed by atoms with Gasteiger partial charge in [0, 0.05) is 30.0 Å². The fraction of sp³-hybridized carbons (Fsp3) is 0.306. The molecule has 3 amide bonds. The van der Waals surface area contributed by atoms with Gasteiger partial charge >= 0.3 is 12.1 Å². The number of carboxylic acid groups (broad SMARTS) is 1. The number of carbonyl (C=O) groups is 2. The van der Waals surface area contributed by atoms with Crippen LogP contribution in [0.15, 0.2) is 97.2 Å². The number of piperidine rings is 1. The van der Waals surface area contributed by atoms with Crippen molar-refractivity contribution >= 4 is 23.5 Å². The van der Waals surface area contributed by atoms with Crippen LogP contribution in [0, 0.1) is 5.92 Å². The molecule has 9 heteroatoms. The molecule has 1 aliphatic rings. The first-order valence-electron chi connectivity index (χ1n) is 15.2. The monoisotopic (exact) mass is 608 g/mol. The van der Waals surface area contributed by atoms with Crippen LogP contribution in [0.25, 0.3) is 0 Å². The maximum absolute atomic E-state index is 12.9. The van der Waals surface area contributed by atoms with Crippen LogP contribution in [0.5, 0.6) is 17.4 Å². The quantitative estimate of drug-likeness (QED) is 0.177. The molecular formula is C36H40N4O5. The van der Waals surface area contributed by atoms with Crippen LogP contribution in [-0.4, -0.2) is 46.3 Å². The molecular weight excluding hydrogens is 568 g/mol. The van der Waals surface area contributed by atoms with Crippen molar-refractivity contribution in [1.82, 2.24) is 9.88 Å². The normalized spacial score (nSPS) is 16.5. The predicted molar refractivity (Wildman–Crippen MR) is 175 cm³/mol. The molecule has 0 saturated carbocycles. The fourth-order valence-corrected chi connectivity index (χ4v) is 5.60. The number of nitrogens with one attached hydrogen (secondary N) is 2. The van der Waals surface area contributed by atoms with Crippen molar-refractivity contribution in [3.63, 3.8) is 0 Å². The number of anilines is 2. The van der Waals surface area contributed by atoms with Gasteiger partial charge in [-0.15, -0.1) is 0 Å². The second-order valence-electron chi connectivity index (χ2n) is 12.3. The van der Waals surface area contributed by atoms with Crippen molar-refractivity contribution in [2.75, 3.05) is 23.8 Å². The number of pyridine rings is 1. The third kappa shape index (κ3) is 8.53. The first-order chi connectivity index (χ1) is 21.7. The maximum atomic E-state index is 12.9. The zero-order valence-corrected chi connectivity index (χ0v) is 25.9. The maximum Gasteiger partial charge on any atom is 0.407 e. The molecule has 1 aliphatic heterocycles. The number of likely N-dealkylation sites (tertiary alicyclic amines) is 1. The summed E-state index contributed by atoms with van der Waals surface area (Å²) < 4.78 is 12.2. The van der Waals surface area contributed by atoms with Crippen LogP contribution in [0.2, 0.25) is 0 Å². The van der Waals surface area contributed by atoms with Gasteiger partial charge in [-0.3, -0.25) is 0 Å². The Bertz CT molecular complexity index is 1590. The van der Waals surface area contributed by atoms with Crippen molar-refractivity contribution in [3.8, 4) is 17.4 Å². The highest BCUT2D eigenvalue weighted by Crippen LogP contribution is 2.35. The van der Waals surface area contributed by atoms with Gasteiger partial charge in [-0.1, -0.05) is 69.3 Å². The molecule has 0 spiro atoms. The van der Waals surface area contributed by atoms with Gasteiger partial charge in [-0.2, -0.15) is 0 Å². The van der Waals surface area contributed by atoms with Gasteiger partial charge in [0.2, 0.25) is 5.88 Å². The molecule has 9 nitrogen and oxygen atoms in total. The van der Waals surface area contributed by atoms with E-state index in [4.69, 9.17) is 9.47 Å². The third-order valence-electron chi connectivity index (χ3n) is 7.90. The van der Waals surface area contributed by atoms with E-state index in [0.717, 1.165) is 24.0 Å². The number of benzene rings is 3. The lowest BCUT2D eigenvalue weighted by Gasteiger charge is -2.37. The Balaban J connectivity index is 1.14. The van der Waals surface area contributed by atoms with Gasteiger partial charge in [0.15, 0.2) is 0 Å². The van der Waals surface area contributed by atoms with Crippen LogP contribution >= 0.6 is 0 Å². The highest BCUT2D eigenvalue weighted by Gasteiger charge is 2.32. The highest BCUT2D eigenvalue weighted by molar-refractivity contribution is 6.00. The summed E-state index contributed by atoms with van der Waals surface area (Å²) >= 11 is 0. The van der Waals surface area contributed by atoms with Crippen molar-refractivity contribution in [3.05, 3.63) is 108 Å². The summed E-state index contributed by atoms with van der Waals surface area (Å²) in [7, 11) is 0. The molecule has 1 fully saturated rings. The lowest BCUT2D eigenvalue weighted by Crippen LogP contribution is -2.47. The second kappa shape index (κ2) is 14.2. The van der Waals surface area contributed by atoms with E-state index in [0.29, 0.717) is 48.3 Å². The molecule has 5 rings (SSSR count). The summed E-state index contributed by atoms with van der Waals surface area (Å²) in [6.07, 6.45) is 2.92. The average Bonchev–Trinajstić information content (AvgIpc) is 3.02. The number of aromatic nitrogens is 1. The molecule has 0 radical (unpaired) electrons. The Morgan fingerprint density at radius 2 is 1.67 bits per heavy atom. The second-order valence-corrected chi connectivity index (χ2v) is 12.3. The summed E-state index contributed by atoms with van der Waals surface area (Å²) in [5.41, 5.74) is 3.07. The van der Waals surface area contributed by atoms with E-state index < -0.39 is 12.1 Å².